The smallest absolute Gasteiger partial charge is 0.191 e. The number of guanidine groups is 1. The summed E-state index contributed by atoms with van der Waals surface area (Å²) in [5.74, 6) is 0.869. The zero-order valence-electron chi connectivity index (χ0n) is 15.9. The van der Waals surface area contributed by atoms with Gasteiger partial charge in [-0.15, -0.1) is 0 Å². The van der Waals surface area contributed by atoms with Gasteiger partial charge in [-0.1, -0.05) is 30.3 Å². The van der Waals surface area contributed by atoms with Gasteiger partial charge in [0.2, 0.25) is 0 Å². The number of likely N-dealkylation sites (N-methyl/N-ethyl adjacent to an activating group) is 1. The van der Waals surface area contributed by atoms with Gasteiger partial charge in [0, 0.05) is 45.8 Å². The molecule has 1 unspecified atom stereocenters. The van der Waals surface area contributed by atoms with Crippen molar-refractivity contribution in [2.45, 2.75) is 12.5 Å². The molecule has 1 heterocycles. The van der Waals surface area contributed by atoms with Crippen LogP contribution >= 0.6 is 0 Å². The van der Waals surface area contributed by atoms with Crippen LogP contribution in [0.25, 0.3) is 0 Å². The average molecular weight is 348 g/mol. The van der Waals surface area contributed by atoms with Gasteiger partial charge < -0.3 is 20.3 Å². The van der Waals surface area contributed by atoms with Crippen molar-refractivity contribution in [1.82, 2.24) is 20.4 Å². The third-order valence-electron chi connectivity index (χ3n) is 4.60. The standard InChI is InChI=1S/C19H33N5O/c1-20-19(21-9-10-24-11-13-25-14-12-24)22-16-18(23(2)3)15-17-7-5-4-6-8-17/h4-8,18H,9-16H2,1-3H3,(H2,20,21,22). The molecule has 1 aromatic rings. The molecule has 6 nitrogen and oxygen atoms in total. The SMILES string of the molecule is CN=C(NCCN1CCOCC1)NCC(Cc1ccccc1)N(C)C. The molecule has 1 atom stereocenters. The second kappa shape index (κ2) is 11.1. The highest BCUT2D eigenvalue weighted by Crippen LogP contribution is 2.06. The molecule has 140 valence electrons. The third-order valence-corrected chi connectivity index (χ3v) is 4.60. The summed E-state index contributed by atoms with van der Waals surface area (Å²) in [4.78, 5) is 9.03. The molecule has 2 N–H and O–H groups in total. The van der Waals surface area contributed by atoms with E-state index in [-0.39, 0.29) is 0 Å². The second-order valence-electron chi connectivity index (χ2n) is 6.64. The molecule has 0 bridgehead atoms. The molecule has 2 rings (SSSR count). The first-order valence-electron chi connectivity index (χ1n) is 9.14. The minimum atomic E-state index is 0.417. The number of hydrogen-bond donors (Lipinski definition) is 2. The van der Waals surface area contributed by atoms with Gasteiger partial charge in [-0.05, 0) is 26.1 Å². The van der Waals surface area contributed by atoms with E-state index in [1.165, 1.54) is 5.56 Å². The molecule has 6 heteroatoms. The Hall–Kier alpha value is -1.63. The highest BCUT2D eigenvalue weighted by molar-refractivity contribution is 5.79. The molecule has 25 heavy (non-hydrogen) atoms. The Morgan fingerprint density at radius 2 is 1.92 bits per heavy atom. The van der Waals surface area contributed by atoms with Crippen molar-refractivity contribution >= 4 is 5.96 Å². The number of hydrogen-bond acceptors (Lipinski definition) is 4. The molecule has 0 aromatic heterocycles. The zero-order chi connectivity index (χ0) is 17.9. The number of ether oxygens (including phenoxy) is 1. The number of rotatable bonds is 8. The zero-order valence-corrected chi connectivity index (χ0v) is 15.9. The number of morpholine rings is 1. The van der Waals surface area contributed by atoms with Gasteiger partial charge in [-0.25, -0.2) is 0 Å². The molecule has 1 aromatic carbocycles. The Bertz CT molecular complexity index is 500. The predicted octanol–water partition coefficient (Wildman–Crippen LogP) is 0.657. The second-order valence-corrected chi connectivity index (χ2v) is 6.64. The van der Waals surface area contributed by atoms with Crippen molar-refractivity contribution < 1.29 is 4.74 Å². The first-order chi connectivity index (χ1) is 12.2. The van der Waals surface area contributed by atoms with E-state index in [1.54, 1.807) is 0 Å². The van der Waals surface area contributed by atoms with E-state index in [0.717, 1.165) is 58.3 Å². The number of nitrogens with zero attached hydrogens (tertiary/aromatic N) is 3. The van der Waals surface area contributed by atoms with E-state index in [2.05, 4.69) is 69.9 Å². The number of nitrogens with one attached hydrogen (secondary N) is 2. The van der Waals surface area contributed by atoms with Gasteiger partial charge >= 0.3 is 0 Å². The van der Waals surface area contributed by atoms with E-state index in [9.17, 15) is 0 Å². The van der Waals surface area contributed by atoms with Crippen molar-refractivity contribution in [2.24, 2.45) is 4.99 Å². The molecule has 0 saturated carbocycles. The molecule has 1 saturated heterocycles. The minimum Gasteiger partial charge on any atom is -0.379 e. The first kappa shape index (κ1) is 19.7. The predicted molar refractivity (Wildman–Crippen MR) is 104 cm³/mol. The maximum Gasteiger partial charge on any atom is 0.191 e. The molecule has 0 amide bonds. The van der Waals surface area contributed by atoms with E-state index < -0.39 is 0 Å². The highest BCUT2D eigenvalue weighted by atomic mass is 16.5. The lowest BCUT2D eigenvalue weighted by Crippen LogP contribution is -2.48. The summed E-state index contributed by atoms with van der Waals surface area (Å²) in [6.45, 7) is 6.50. The molecular formula is C19H33N5O. The van der Waals surface area contributed by atoms with Crippen molar-refractivity contribution in [3.63, 3.8) is 0 Å². The van der Waals surface area contributed by atoms with Crippen LogP contribution in [0.5, 0.6) is 0 Å². The van der Waals surface area contributed by atoms with E-state index in [0.29, 0.717) is 6.04 Å². The third kappa shape index (κ3) is 7.42. The summed E-state index contributed by atoms with van der Waals surface area (Å²) < 4.78 is 5.38. The highest BCUT2D eigenvalue weighted by Gasteiger charge is 2.13. The van der Waals surface area contributed by atoms with Crippen LogP contribution < -0.4 is 10.6 Å². The fraction of sp³-hybridized carbons (Fsp3) is 0.632. The fourth-order valence-electron chi connectivity index (χ4n) is 2.92. The van der Waals surface area contributed by atoms with Crippen LogP contribution in [0.4, 0.5) is 0 Å². The number of benzene rings is 1. The summed E-state index contributed by atoms with van der Waals surface area (Å²) in [6, 6.07) is 11.0. The Kier molecular flexibility index (Phi) is 8.72. The lowest BCUT2D eigenvalue weighted by atomic mass is 10.1. The van der Waals surface area contributed by atoms with Crippen molar-refractivity contribution in [1.29, 1.82) is 0 Å². The molecule has 0 radical (unpaired) electrons. The topological polar surface area (TPSA) is 52.1 Å². The van der Waals surface area contributed by atoms with Gasteiger partial charge in [0.05, 0.1) is 13.2 Å². The Labute approximate surface area is 152 Å². The largest absolute Gasteiger partial charge is 0.379 e. The summed E-state index contributed by atoms with van der Waals surface area (Å²) in [5, 5.41) is 6.88. The quantitative estimate of drug-likeness (QED) is 0.534. The van der Waals surface area contributed by atoms with E-state index in [4.69, 9.17) is 4.74 Å². The van der Waals surface area contributed by atoms with Gasteiger partial charge in [0.25, 0.3) is 0 Å². The van der Waals surface area contributed by atoms with Crippen molar-refractivity contribution in [3.8, 4) is 0 Å². The van der Waals surface area contributed by atoms with Crippen molar-refractivity contribution in [3.05, 3.63) is 35.9 Å². The van der Waals surface area contributed by atoms with Gasteiger partial charge in [-0.2, -0.15) is 0 Å². The Morgan fingerprint density at radius 1 is 1.20 bits per heavy atom. The normalized spacial score (nSPS) is 17.5. The van der Waals surface area contributed by atoms with Crippen LogP contribution in [0.1, 0.15) is 5.56 Å². The lowest BCUT2D eigenvalue weighted by Gasteiger charge is -2.27. The van der Waals surface area contributed by atoms with Gasteiger partial charge in [0.15, 0.2) is 5.96 Å². The van der Waals surface area contributed by atoms with Crippen LogP contribution in [-0.2, 0) is 11.2 Å². The molecule has 1 aliphatic rings. The Morgan fingerprint density at radius 3 is 2.56 bits per heavy atom. The monoisotopic (exact) mass is 347 g/mol. The minimum absolute atomic E-state index is 0.417. The molecule has 1 fully saturated rings. The van der Waals surface area contributed by atoms with Crippen molar-refractivity contribution in [2.75, 3.05) is 67.1 Å². The summed E-state index contributed by atoms with van der Waals surface area (Å²) in [5.41, 5.74) is 1.36. The first-order valence-corrected chi connectivity index (χ1v) is 9.14. The van der Waals surface area contributed by atoms with Crippen LogP contribution in [0.15, 0.2) is 35.3 Å². The Balaban J connectivity index is 1.73. The van der Waals surface area contributed by atoms with Gasteiger partial charge in [0.1, 0.15) is 0 Å². The van der Waals surface area contributed by atoms with Crippen LogP contribution in [0, 0.1) is 0 Å². The summed E-state index contributed by atoms with van der Waals surface area (Å²) in [6.07, 6.45) is 1.02. The van der Waals surface area contributed by atoms with Gasteiger partial charge in [-0.3, -0.25) is 9.89 Å². The maximum atomic E-state index is 5.38. The summed E-state index contributed by atoms with van der Waals surface area (Å²) in [7, 11) is 6.08. The average Bonchev–Trinajstić information content (AvgIpc) is 2.65. The van der Waals surface area contributed by atoms with Crippen LogP contribution in [0.2, 0.25) is 0 Å². The molecule has 0 aliphatic carbocycles. The van der Waals surface area contributed by atoms with E-state index in [1.807, 2.05) is 7.05 Å². The molecule has 0 spiro atoms. The number of aliphatic imine (C=N–C) groups is 1. The van der Waals surface area contributed by atoms with Crippen LogP contribution in [-0.4, -0.2) is 88.9 Å². The fourth-order valence-corrected chi connectivity index (χ4v) is 2.92. The molecular weight excluding hydrogens is 314 g/mol. The maximum absolute atomic E-state index is 5.38. The lowest BCUT2D eigenvalue weighted by molar-refractivity contribution is 0.0389. The van der Waals surface area contributed by atoms with E-state index >= 15 is 0 Å². The van der Waals surface area contributed by atoms with Crippen LogP contribution in [0.3, 0.4) is 0 Å². The summed E-state index contributed by atoms with van der Waals surface area (Å²) >= 11 is 0. The molecule has 1 aliphatic heterocycles.